The van der Waals surface area contributed by atoms with Gasteiger partial charge in [-0.15, -0.1) is 0 Å². The summed E-state index contributed by atoms with van der Waals surface area (Å²) >= 11 is -1.99. The molecule has 4 aliphatic heterocycles. The number of Topliss-reactive ketones (excluding diaryl/α,β-unsaturated/α-hetero) is 1. The van der Waals surface area contributed by atoms with Crippen molar-refractivity contribution >= 4 is 14.0 Å². The minimum absolute atomic E-state index is 0.164. The zero-order valence-electron chi connectivity index (χ0n) is 14.7. The van der Waals surface area contributed by atoms with Gasteiger partial charge < -0.3 is 0 Å². The average Bonchev–Trinajstić information content (AvgIpc) is 3.41. The topological polar surface area (TPSA) is 54.0 Å². The van der Waals surface area contributed by atoms with Crippen LogP contribution in [0.2, 0.25) is 3.43 Å². The molecule has 5 rings (SSSR count). The fourth-order valence-electron chi connectivity index (χ4n) is 6.81. The molecule has 0 bridgehead atoms. The van der Waals surface area contributed by atoms with E-state index in [4.69, 9.17) is 27.2 Å². The quantitative estimate of drug-likeness (QED) is 0.465. The monoisotopic (exact) mass is 558 g/mol. The van der Waals surface area contributed by atoms with E-state index in [2.05, 4.69) is 0 Å². The first kappa shape index (κ1) is 17.8. The van der Waals surface area contributed by atoms with Crippen molar-refractivity contribution in [1.29, 1.82) is 0 Å². The summed E-state index contributed by atoms with van der Waals surface area (Å²) < 4.78 is 25.8. The van der Waals surface area contributed by atoms with Gasteiger partial charge in [0.25, 0.3) is 0 Å². The molecule has 1 aliphatic carbocycles. The molecule has 4 spiro atoms. The fraction of sp³-hybridized carbons (Fsp3) is 0.944. The third kappa shape index (κ3) is 1.91. The molecule has 7 heteroatoms. The van der Waals surface area contributed by atoms with Crippen molar-refractivity contribution < 1.29 is 47.1 Å². The van der Waals surface area contributed by atoms with Gasteiger partial charge in [-0.3, -0.25) is 0 Å². The number of fused-ring (bicyclic) bond motifs is 3. The second-order valence-corrected chi connectivity index (χ2v) is 15.3. The summed E-state index contributed by atoms with van der Waals surface area (Å²) in [7, 11) is 6.63. The van der Waals surface area contributed by atoms with Crippen LogP contribution in [0.1, 0.15) is 51.4 Å². The molecule has 136 valence electrons. The van der Waals surface area contributed by atoms with Gasteiger partial charge in [0.1, 0.15) is 0 Å². The van der Waals surface area contributed by atoms with Crippen molar-refractivity contribution in [2.45, 2.75) is 77.2 Å². The summed E-state index contributed by atoms with van der Waals surface area (Å²) in [6, 6.07) is 0. The summed E-state index contributed by atoms with van der Waals surface area (Å²) in [5.74, 6) is 0.201. The summed E-state index contributed by atoms with van der Waals surface area (Å²) in [4.78, 5) is 13.9. The van der Waals surface area contributed by atoms with Gasteiger partial charge in [-0.2, -0.15) is 0 Å². The van der Waals surface area contributed by atoms with E-state index in [0.717, 1.165) is 51.4 Å². The first-order valence-electron chi connectivity index (χ1n) is 9.84. The second kappa shape index (κ2) is 6.12. The molecule has 25 heavy (non-hydrogen) atoms. The molecule has 0 aromatic carbocycles. The van der Waals surface area contributed by atoms with E-state index in [0.29, 0.717) is 26.4 Å². The summed E-state index contributed by atoms with van der Waals surface area (Å²) in [6.45, 7) is 2.72. The van der Waals surface area contributed by atoms with E-state index in [1.807, 2.05) is 0 Å². The molecule has 0 radical (unpaired) electrons. The number of hydrogen-bond donors (Lipinski definition) is 0. The van der Waals surface area contributed by atoms with Crippen molar-refractivity contribution in [2.75, 3.05) is 26.4 Å². The first-order valence-corrected chi connectivity index (χ1v) is 19.8. The van der Waals surface area contributed by atoms with Crippen molar-refractivity contribution in [3.8, 4) is 0 Å². The predicted octanol–water partition coefficient (Wildman–Crippen LogP) is 2.79. The van der Waals surface area contributed by atoms with Crippen LogP contribution < -0.4 is 0 Å². The van der Waals surface area contributed by atoms with E-state index in [-0.39, 0.29) is 9.21 Å². The summed E-state index contributed by atoms with van der Waals surface area (Å²) in [5, 5.41) is 0. The molecule has 5 fully saturated rings. The Labute approximate surface area is 164 Å². The molecule has 5 nitrogen and oxygen atoms in total. The Morgan fingerprint density at radius 3 is 1.92 bits per heavy atom. The summed E-state index contributed by atoms with van der Waals surface area (Å²) in [6.07, 6.45) is 7.17. The van der Waals surface area contributed by atoms with Crippen molar-refractivity contribution in [3.05, 3.63) is 0 Å². The molecule has 4 saturated heterocycles. The van der Waals surface area contributed by atoms with Gasteiger partial charge in [-0.25, -0.2) is 0 Å². The normalized spacial score (nSPS) is 52.2. The van der Waals surface area contributed by atoms with Crippen molar-refractivity contribution in [3.63, 3.8) is 0 Å². The van der Waals surface area contributed by atoms with Gasteiger partial charge in [0.15, 0.2) is 0 Å². The molecule has 4 heterocycles. The third-order valence-electron chi connectivity index (χ3n) is 7.54. The minimum atomic E-state index is -1.99. The van der Waals surface area contributed by atoms with Crippen molar-refractivity contribution in [2.24, 2.45) is 0 Å². The van der Waals surface area contributed by atoms with Crippen LogP contribution in [0.15, 0.2) is 0 Å². The third-order valence-corrected chi connectivity index (χ3v) is 15.4. The van der Waals surface area contributed by atoms with E-state index >= 15 is 0 Å². The van der Waals surface area contributed by atoms with Crippen LogP contribution in [0.4, 0.5) is 0 Å². The molecule has 1 saturated carbocycles. The van der Waals surface area contributed by atoms with Gasteiger partial charge in [0.2, 0.25) is 0 Å². The second-order valence-electron chi connectivity index (χ2n) is 8.25. The molecule has 0 aromatic rings. The van der Waals surface area contributed by atoms with Crippen LogP contribution in [-0.2, 0) is 47.1 Å². The molecule has 0 aromatic heterocycles. The van der Waals surface area contributed by atoms with Crippen LogP contribution in [0.25, 0.3) is 0 Å². The Morgan fingerprint density at radius 1 is 0.800 bits per heavy atom. The van der Waals surface area contributed by atoms with E-state index in [1.54, 1.807) is 0 Å². The molecular formula is C18H25ClHgO5. The number of carbonyl (C=O) groups excluding carboxylic acids is 1. The van der Waals surface area contributed by atoms with Gasteiger partial charge >= 0.3 is 165 Å². The summed E-state index contributed by atoms with van der Waals surface area (Å²) in [5.41, 5.74) is -2.67. The fourth-order valence-corrected chi connectivity index (χ4v) is 15.6. The van der Waals surface area contributed by atoms with Crippen LogP contribution in [0, 0.1) is 0 Å². The van der Waals surface area contributed by atoms with Crippen LogP contribution in [0.3, 0.4) is 0 Å². The zero-order valence-corrected chi connectivity index (χ0v) is 20.9. The molecule has 5 atom stereocenters. The number of rotatable bonds is 1. The van der Waals surface area contributed by atoms with Gasteiger partial charge in [-0.1, -0.05) is 0 Å². The molecule has 0 unspecified atom stereocenters. The number of halogens is 1. The van der Waals surface area contributed by atoms with E-state index in [9.17, 15) is 4.79 Å². The average molecular weight is 557 g/mol. The van der Waals surface area contributed by atoms with Gasteiger partial charge in [-0.05, 0) is 0 Å². The number of hydrogen-bond acceptors (Lipinski definition) is 5. The van der Waals surface area contributed by atoms with Gasteiger partial charge in [0.05, 0.1) is 0 Å². The van der Waals surface area contributed by atoms with Gasteiger partial charge in [0, 0.05) is 0 Å². The molecule has 0 amide bonds. The van der Waals surface area contributed by atoms with Crippen LogP contribution in [0.5, 0.6) is 0 Å². The first-order chi connectivity index (χ1) is 12.2. The SMILES string of the molecule is O=C1[C@H]([Hg][Cl])[C@@]2(CCCO2)[C@@]2(CCCO2)[C@]2(CCCO2)[C@@]12CCCO2. The Morgan fingerprint density at radius 2 is 1.40 bits per heavy atom. The maximum atomic E-state index is 13.9. The van der Waals surface area contributed by atoms with E-state index < -0.39 is 45.7 Å². The molecule has 5 aliphatic rings. The Balaban J connectivity index is 1.77. The van der Waals surface area contributed by atoms with Crippen molar-refractivity contribution in [1.82, 2.24) is 0 Å². The molecule has 0 N–H and O–H groups in total. The zero-order chi connectivity index (χ0) is 17.2. The predicted molar refractivity (Wildman–Crippen MR) is 86.3 cm³/mol. The maximum absolute atomic E-state index is 13.9. The molecular weight excluding hydrogens is 532 g/mol. The standard InChI is InChI=1S/C18H25O5.ClH.Hg/c19-14-13-15(5-1-9-20-15)17(7-3-11-22-17)18(8-4-12-23-18)16(14)6-2-10-21-16;;/h13H,1-12H2;1H;/q;;+1/p-1/t15-,16+,17-,18-;;/m0../s1. The van der Waals surface area contributed by atoms with E-state index in [1.165, 1.54) is 0 Å². The number of carbonyl (C=O) groups is 1. The number of ether oxygens (including phenoxy) is 4. The van der Waals surface area contributed by atoms with Crippen LogP contribution >= 0.6 is 8.25 Å². The Bertz CT molecular complexity index is 558. The Kier molecular flexibility index (Phi) is 4.36. The van der Waals surface area contributed by atoms with Crippen LogP contribution in [-0.4, -0.2) is 54.6 Å². The number of ketones is 1. The Hall–Kier alpha value is 0.735.